The van der Waals surface area contributed by atoms with Gasteiger partial charge >= 0.3 is 12.4 Å². The van der Waals surface area contributed by atoms with Gasteiger partial charge in [0.2, 0.25) is 11.7 Å². The summed E-state index contributed by atoms with van der Waals surface area (Å²) in [5.41, 5.74) is 4.43. The van der Waals surface area contributed by atoms with Crippen molar-refractivity contribution in [2.24, 2.45) is 5.73 Å². The number of benzene rings is 1. The van der Waals surface area contributed by atoms with E-state index in [1.165, 1.54) is 10.8 Å². The van der Waals surface area contributed by atoms with Gasteiger partial charge in [-0.15, -0.1) is 0 Å². The van der Waals surface area contributed by atoms with Crippen LogP contribution in [-0.4, -0.2) is 37.9 Å². The fourth-order valence-corrected chi connectivity index (χ4v) is 3.28. The molecule has 1 amide bonds. The van der Waals surface area contributed by atoms with Gasteiger partial charge in [0.05, 0.1) is 5.56 Å². The van der Waals surface area contributed by atoms with Crippen LogP contribution >= 0.6 is 0 Å². The number of nitrogens with two attached hydrogens (primary N) is 1. The van der Waals surface area contributed by atoms with Crippen molar-refractivity contribution < 1.29 is 40.4 Å². The molecule has 0 spiro atoms. The number of primary amides is 1. The van der Waals surface area contributed by atoms with Gasteiger partial charge in [0, 0.05) is 28.9 Å². The summed E-state index contributed by atoms with van der Waals surface area (Å²) in [6, 6.07) is 5.59. The maximum atomic E-state index is 13.6. The van der Waals surface area contributed by atoms with Crippen molar-refractivity contribution in [3.63, 3.8) is 0 Å². The van der Waals surface area contributed by atoms with Crippen molar-refractivity contribution in [2.45, 2.75) is 31.9 Å². The highest BCUT2D eigenvalue weighted by molar-refractivity contribution is 5.92. The predicted molar refractivity (Wildman–Crippen MR) is 109 cm³/mol. The second kappa shape index (κ2) is 8.60. The summed E-state index contributed by atoms with van der Waals surface area (Å²) in [4.78, 5) is 19.6. The monoisotopic (exact) mass is 499 g/mol. The first-order valence-electron chi connectivity index (χ1n) is 9.86. The van der Waals surface area contributed by atoms with Crippen LogP contribution in [0.1, 0.15) is 12.5 Å². The lowest BCUT2D eigenvalue weighted by atomic mass is 10.1. The Bertz CT molecular complexity index is 1390. The topological polar surface area (TPSA) is 109 Å². The summed E-state index contributed by atoms with van der Waals surface area (Å²) in [7, 11) is 0. The average molecular weight is 499 g/mol. The van der Waals surface area contributed by atoms with Crippen molar-refractivity contribution in [3.8, 4) is 28.6 Å². The molecule has 4 rings (SSSR count). The van der Waals surface area contributed by atoms with Crippen LogP contribution in [0.4, 0.5) is 26.3 Å². The van der Waals surface area contributed by atoms with Gasteiger partial charge in [0.25, 0.3) is 5.89 Å². The van der Waals surface area contributed by atoms with Gasteiger partial charge < -0.3 is 19.6 Å². The zero-order chi connectivity index (χ0) is 25.5. The van der Waals surface area contributed by atoms with Crippen LogP contribution in [0.15, 0.2) is 47.2 Å². The molecule has 0 saturated carbocycles. The second-order valence-electron chi connectivity index (χ2n) is 7.44. The molecule has 0 bridgehead atoms. The highest BCUT2D eigenvalue weighted by Crippen LogP contribution is 2.40. The van der Waals surface area contributed by atoms with Crippen molar-refractivity contribution in [1.82, 2.24) is 19.7 Å². The van der Waals surface area contributed by atoms with Crippen LogP contribution in [0.2, 0.25) is 0 Å². The van der Waals surface area contributed by atoms with E-state index in [1.54, 1.807) is 18.3 Å². The number of ether oxygens (including phenoxy) is 1. The third-order valence-electron chi connectivity index (χ3n) is 4.95. The van der Waals surface area contributed by atoms with Gasteiger partial charge in [0.1, 0.15) is 17.9 Å². The molecule has 3 aromatic heterocycles. The van der Waals surface area contributed by atoms with E-state index in [2.05, 4.69) is 19.9 Å². The summed E-state index contributed by atoms with van der Waals surface area (Å²) < 4.78 is 90.2. The van der Waals surface area contributed by atoms with E-state index in [-0.39, 0.29) is 23.8 Å². The van der Waals surface area contributed by atoms with E-state index in [0.717, 1.165) is 12.1 Å². The molecule has 0 aliphatic heterocycles. The number of nitrogens with zero attached hydrogens (tertiary/aromatic N) is 4. The number of fused-ring (bicyclic) bond motifs is 1. The lowest BCUT2D eigenvalue weighted by molar-refractivity contribution is -0.191. The molecule has 35 heavy (non-hydrogen) atoms. The number of aromatic nitrogens is 4. The van der Waals surface area contributed by atoms with E-state index >= 15 is 0 Å². The highest BCUT2D eigenvalue weighted by Gasteiger charge is 2.41. The SMILES string of the molecule is CC(Oc1ccc(-c2nc(-c3ccnc4c3ccn4CC(N)=O)no2)cc1C(F)(F)F)C(F)(F)F. The molecule has 3 heterocycles. The molecule has 0 fully saturated rings. The summed E-state index contributed by atoms with van der Waals surface area (Å²) in [5, 5.41) is 4.33. The third-order valence-corrected chi connectivity index (χ3v) is 4.95. The molecule has 0 radical (unpaired) electrons. The molecular formula is C21H15F6N5O3. The zero-order valence-corrected chi connectivity index (χ0v) is 17.7. The van der Waals surface area contributed by atoms with Crippen LogP contribution in [0.5, 0.6) is 5.75 Å². The van der Waals surface area contributed by atoms with Crippen LogP contribution in [0, 0.1) is 0 Å². The molecule has 8 nitrogen and oxygen atoms in total. The Morgan fingerprint density at radius 2 is 1.91 bits per heavy atom. The third kappa shape index (κ3) is 4.90. The van der Waals surface area contributed by atoms with Crippen molar-refractivity contribution in [2.75, 3.05) is 0 Å². The van der Waals surface area contributed by atoms with Gasteiger partial charge in [0.15, 0.2) is 6.10 Å². The molecule has 0 aliphatic rings. The average Bonchev–Trinajstić information content (AvgIpc) is 3.40. The Labute approximate surface area is 192 Å². The van der Waals surface area contributed by atoms with Crippen molar-refractivity contribution in [1.29, 1.82) is 0 Å². The minimum Gasteiger partial charge on any atom is -0.481 e. The number of rotatable bonds is 6. The summed E-state index contributed by atoms with van der Waals surface area (Å²) in [6.07, 6.45) is -9.33. The number of hydrogen-bond donors (Lipinski definition) is 1. The number of amides is 1. The zero-order valence-electron chi connectivity index (χ0n) is 17.7. The van der Waals surface area contributed by atoms with Crippen molar-refractivity contribution in [3.05, 3.63) is 48.3 Å². The first-order valence-corrected chi connectivity index (χ1v) is 9.86. The number of alkyl halides is 6. The minimum atomic E-state index is -5.01. The molecule has 2 N–H and O–H groups in total. The lowest BCUT2D eigenvalue weighted by Crippen LogP contribution is -2.31. The van der Waals surface area contributed by atoms with E-state index in [1.807, 2.05) is 0 Å². The minimum absolute atomic E-state index is 0.0174. The molecule has 1 aromatic carbocycles. The maximum absolute atomic E-state index is 13.6. The summed E-state index contributed by atoms with van der Waals surface area (Å²) in [5.74, 6) is -1.86. The normalized spacial score (nSPS) is 13.2. The predicted octanol–water partition coefficient (Wildman–Crippen LogP) is 4.59. The Morgan fingerprint density at radius 1 is 1.17 bits per heavy atom. The van der Waals surface area contributed by atoms with Crippen LogP contribution in [0.3, 0.4) is 0 Å². The summed E-state index contributed by atoms with van der Waals surface area (Å²) in [6.45, 7) is 0.476. The van der Waals surface area contributed by atoms with Crippen LogP contribution < -0.4 is 10.5 Å². The Hall–Kier alpha value is -4.10. The fourth-order valence-electron chi connectivity index (χ4n) is 3.28. The molecule has 184 valence electrons. The number of hydrogen-bond acceptors (Lipinski definition) is 6. The molecule has 0 aliphatic carbocycles. The van der Waals surface area contributed by atoms with Crippen LogP contribution in [-0.2, 0) is 17.5 Å². The molecule has 1 unspecified atom stereocenters. The molecule has 0 saturated heterocycles. The number of carbonyl (C=O) groups is 1. The molecular weight excluding hydrogens is 484 g/mol. The van der Waals surface area contributed by atoms with E-state index < -0.39 is 35.7 Å². The van der Waals surface area contributed by atoms with Crippen LogP contribution in [0.25, 0.3) is 33.9 Å². The van der Waals surface area contributed by atoms with E-state index in [4.69, 9.17) is 10.3 Å². The van der Waals surface area contributed by atoms with Gasteiger partial charge in [-0.3, -0.25) is 4.79 Å². The number of pyridine rings is 1. The lowest BCUT2D eigenvalue weighted by Gasteiger charge is -2.20. The quantitative estimate of drug-likeness (QED) is 0.389. The molecule has 14 heteroatoms. The first kappa shape index (κ1) is 24.0. The standard InChI is InChI=1S/C21H15F6N5O3/c1-10(20(22,23)24)34-15-3-2-11(8-14(15)21(25,26)27)19-30-17(31-35-19)12-4-6-29-18-13(12)5-7-32(18)9-16(28)33/h2-8,10H,9H2,1H3,(H2,28,33). The Balaban J connectivity index is 1.71. The van der Waals surface area contributed by atoms with Gasteiger partial charge in [-0.05, 0) is 37.3 Å². The van der Waals surface area contributed by atoms with E-state index in [9.17, 15) is 31.1 Å². The number of halogens is 6. The fraction of sp³-hybridized carbons (Fsp3) is 0.238. The maximum Gasteiger partial charge on any atom is 0.425 e. The van der Waals surface area contributed by atoms with Gasteiger partial charge in [-0.25, -0.2) is 4.98 Å². The Morgan fingerprint density at radius 3 is 2.57 bits per heavy atom. The molecule has 4 aromatic rings. The molecule has 1 atom stereocenters. The number of carbonyl (C=O) groups excluding carboxylic acids is 1. The van der Waals surface area contributed by atoms with Crippen molar-refractivity contribution >= 4 is 16.9 Å². The van der Waals surface area contributed by atoms with Gasteiger partial charge in [-0.2, -0.15) is 31.3 Å². The second-order valence-corrected chi connectivity index (χ2v) is 7.44. The summed E-state index contributed by atoms with van der Waals surface area (Å²) >= 11 is 0. The van der Waals surface area contributed by atoms with E-state index in [0.29, 0.717) is 29.6 Å². The smallest absolute Gasteiger partial charge is 0.425 e. The first-order chi connectivity index (χ1) is 16.3. The Kier molecular flexibility index (Phi) is 5.90. The highest BCUT2D eigenvalue weighted by atomic mass is 19.4. The largest absolute Gasteiger partial charge is 0.481 e. The van der Waals surface area contributed by atoms with Gasteiger partial charge in [-0.1, -0.05) is 5.16 Å².